The fourth-order valence-electron chi connectivity index (χ4n) is 3.00. The van der Waals surface area contributed by atoms with Crippen LogP contribution >= 0.6 is 0 Å². The van der Waals surface area contributed by atoms with Crippen molar-refractivity contribution in [1.82, 2.24) is 5.32 Å². The maximum absolute atomic E-state index is 12.3. The van der Waals surface area contributed by atoms with E-state index in [9.17, 15) is 4.79 Å². The van der Waals surface area contributed by atoms with Crippen LogP contribution in [-0.2, 0) is 16.0 Å². The van der Waals surface area contributed by atoms with E-state index in [1.807, 2.05) is 0 Å². The number of carbonyl (C=O) groups is 1. The Labute approximate surface area is 134 Å². The quantitative estimate of drug-likeness (QED) is 0.866. The molecule has 1 saturated heterocycles. The molecule has 0 aliphatic carbocycles. The number of carbonyl (C=O) groups excluding carboxylic acids is 1. The number of nitrogens with one attached hydrogen (secondary N) is 1. The predicted molar refractivity (Wildman–Crippen MR) is 89.7 cm³/mol. The Morgan fingerprint density at radius 3 is 2.41 bits per heavy atom. The Hall–Kier alpha value is -1.35. The SMILES string of the molecule is CC(C)Cc1ccc(C(NC(=O)C2CCCO2)C(C)C)cc1. The van der Waals surface area contributed by atoms with Gasteiger partial charge in [-0.3, -0.25) is 4.79 Å². The number of benzene rings is 1. The molecule has 22 heavy (non-hydrogen) atoms. The number of hydrogen-bond donors (Lipinski definition) is 1. The van der Waals surface area contributed by atoms with Crippen LogP contribution in [0.5, 0.6) is 0 Å². The zero-order chi connectivity index (χ0) is 16.1. The highest BCUT2D eigenvalue weighted by atomic mass is 16.5. The second-order valence-electron chi connectivity index (χ2n) is 7.07. The van der Waals surface area contributed by atoms with E-state index in [-0.39, 0.29) is 18.1 Å². The minimum Gasteiger partial charge on any atom is -0.368 e. The summed E-state index contributed by atoms with van der Waals surface area (Å²) in [6.45, 7) is 9.44. The van der Waals surface area contributed by atoms with E-state index < -0.39 is 0 Å². The maximum atomic E-state index is 12.3. The van der Waals surface area contributed by atoms with Crippen molar-refractivity contribution in [3.8, 4) is 0 Å². The van der Waals surface area contributed by atoms with Gasteiger partial charge in [0, 0.05) is 6.61 Å². The van der Waals surface area contributed by atoms with E-state index in [4.69, 9.17) is 4.74 Å². The van der Waals surface area contributed by atoms with Gasteiger partial charge in [-0.25, -0.2) is 0 Å². The number of hydrogen-bond acceptors (Lipinski definition) is 2. The number of ether oxygens (including phenoxy) is 1. The third-order valence-electron chi connectivity index (χ3n) is 4.17. The van der Waals surface area contributed by atoms with E-state index in [0.717, 1.165) is 19.3 Å². The molecule has 0 aromatic heterocycles. The zero-order valence-electron chi connectivity index (χ0n) is 14.3. The highest BCUT2D eigenvalue weighted by Gasteiger charge is 2.27. The molecular weight excluding hydrogens is 274 g/mol. The number of amides is 1. The summed E-state index contributed by atoms with van der Waals surface area (Å²) in [7, 11) is 0. The molecular formula is C19H29NO2. The molecule has 2 unspecified atom stereocenters. The second kappa shape index (κ2) is 7.77. The third-order valence-corrected chi connectivity index (χ3v) is 4.17. The molecule has 1 heterocycles. The predicted octanol–water partition coefficient (Wildman–Crippen LogP) is 3.88. The topological polar surface area (TPSA) is 38.3 Å². The molecule has 1 aliphatic rings. The first-order valence-corrected chi connectivity index (χ1v) is 8.48. The second-order valence-corrected chi connectivity index (χ2v) is 7.07. The first kappa shape index (κ1) is 17.0. The van der Waals surface area contributed by atoms with Crippen LogP contribution in [0.15, 0.2) is 24.3 Å². The zero-order valence-corrected chi connectivity index (χ0v) is 14.3. The Morgan fingerprint density at radius 1 is 1.23 bits per heavy atom. The van der Waals surface area contributed by atoms with E-state index >= 15 is 0 Å². The van der Waals surface area contributed by atoms with Gasteiger partial charge in [0.2, 0.25) is 5.91 Å². The van der Waals surface area contributed by atoms with Gasteiger partial charge in [0.1, 0.15) is 6.10 Å². The molecule has 2 rings (SSSR count). The fourth-order valence-corrected chi connectivity index (χ4v) is 3.00. The summed E-state index contributed by atoms with van der Waals surface area (Å²) in [6, 6.07) is 8.71. The van der Waals surface area contributed by atoms with Crippen LogP contribution in [-0.4, -0.2) is 18.6 Å². The molecule has 0 spiro atoms. The van der Waals surface area contributed by atoms with Crippen molar-refractivity contribution in [3.63, 3.8) is 0 Å². The summed E-state index contributed by atoms with van der Waals surface area (Å²) in [6.07, 6.45) is 2.65. The van der Waals surface area contributed by atoms with E-state index in [2.05, 4.69) is 57.3 Å². The molecule has 1 aromatic carbocycles. The third kappa shape index (κ3) is 4.57. The van der Waals surface area contributed by atoms with Gasteiger partial charge in [0.25, 0.3) is 0 Å². The summed E-state index contributed by atoms with van der Waals surface area (Å²) in [5.74, 6) is 1.04. The van der Waals surface area contributed by atoms with Crippen molar-refractivity contribution in [2.45, 2.75) is 59.1 Å². The highest BCUT2D eigenvalue weighted by molar-refractivity contribution is 5.81. The lowest BCUT2D eigenvalue weighted by atomic mass is 9.93. The molecule has 1 N–H and O–H groups in total. The van der Waals surface area contributed by atoms with Crippen molar-refractivity contribution in [2.75, 3.05) is 6.61 Å². The van der Waals surface area contributed by atoms with Gasteiger partial charge in [-0.05, 0) is 42.2 Å². The normalized spacial score (nSPS) is 19.6. The van der Waals surface area contributed by atoms with Gasteiger partial charge >= 0.3 is 0 Å². The molecule has 0 radical (unpaired) electrons. The van der Waals surface area contributed by atoms with E-state index in [1.165, 1.54) is 11.1 Å². The summed E-state index contributed by atoms with van der Waals surface area (Å²) in [5.41, 5.74) is 2.53. The first-order chi connectivity index (χ1) is 10.5. The van der Waals surface area contributed by atoms with Gasteiger partial charge in [0.05, 0.1) is 6.04 Å². The molecule has 3 heteroatoms. The van der Waals surface area contributed by atoms with Crippen molar-refractivity contribution in [1.29, 1.82) is 0 Å². The van der Waals surface area contributed by atoms with Crippen molar-refractivity contribution in [3.05, 3.63) is 35.4 Å². The Bertz CT molecular complexity index is 473. The highest BCUT2D eigenvalue weighted by Crippen LogP contribution is 2.24. The van der Waals surface area contributed by atoms with Crippen molar-refractivity contribution in [2.24, 2.45) is 11.8 Å². The summed E-state index contributed by atoms with van der Waals surface area (Å²) < 4.78 is 5.48. The van der Waals surface area contributed by atoms with Crippen LogP contribution in [0.25, 0.3) is 0 Å². The van der Waals surface area contributed by atoms with Gasteiger partial charge in [0.15, 0.2) is 0 Å². The van der Waals surface area contributed by atoms with Crippen LogP contribution in [0.1, 0.15) is 57.7 Å². The van der Waals surface area contributed by atoms with Crippen LogP contribution in [0.3, 0.4) is 0 Å². The van der Waals surface area contributed by atoms with Gasteiger partial charge in [-0.15, -0.1) is 0 Å². The largest absolute Gasteiger partial charge is 0.368 e. The van der Waals surface area contributed by atoms with Crippen LogP contribution in [0.4, 0.5) is 0 Å². The lowest BCUT2D eigenvalue weighted by Gasteiger charge is -2.24. The summed E-state index contributed by atoms with van der Waals surface area (Å²) in [4.78, 5) is 12.3. The molecule has 1 aliphatic heterocycles. The van der Waals surface area contributed by atoms with Gasteiger partial charge in [-0.2, -0.15) is 0 Å². The minimum atomic E-state index is -0.263. The van der Waals surface area contributed by atoms with Crippen molar-refractivity contribution < 1.29 is 9.53 Å². The molecule has 3 nitrogen and oxygen atoms in total. The Balaban J connectivity index is 2.05. The minimum absolute atomic E-state index is 0.0301. The average molecular weight is 303 g/mol. The van der Waals surface area contributed by atoms with Crippen LogP contribution in [0.2, 0.25) is 0 Å². The lowest BCUT2D eigenvalue weighted by Crippen LogP contribution is -2.38. The monoisotopic (exact) mass is 303 g/mol. The first-order valence-electron chi connectivity index (χ1n) is 8.48. The molecule has 0 bridgehead atoms. The Morgan fingerprint density at radius 2 is 1.91 bits per heavy atom. The molecule has 1 amide bonds. The van der Waals surface area contributed by atoms with Crippen molar-refractivity contribution >= 4 is 5.91 Å². The molecule has 1 fully saturated rings. The fraction of sp³-hybridized carbons (Fsp3) is 0.632. The Kier molecular flexibility index (Phi) is 6.01. The standard InChI is InChI=1S/C19H29NO2/c1-13(2)12-15-7-9-16(10-8-15)18(14(3)4)20-19(21)17-6-5-11-22-17/h7-10,13-14,17-18H,5-6,11-12H2,1-4H3,(H,20,21). The van der Waals surface area contributed by atoms with E-state index in [1.54, 1.807) is 0 Å². The molecule has 1 aromatic rings. The smallest absolute Gasteiger partial charge is 0.249 e. The average Bonchev–Trinajstić information content (AvgIpc) is 2.99. The molecule has 122 valence electrons. The summed E-state index contributed by atoms with van der Waals surface area (Å²) >= 11 is 0. The van der Waals surface area contributed by atoms with Gasteiger partial charge < -0.3 is 10.1 Å². The molecule has 2 atom stereocenters. The van der Waals surface area contributed by atoms with Crippen LogP contribution in [0, 0.1) is 11.8 Å². The summed E-state index contributed by atoms with van der Waals surface area (Å²) in [5, 5.41) is 3.17. The number of rotatable bonds is 6. The van der Waals surface area contributed by atoms with Crippen LogP contribution < -0.4 is 5.32 Å². The van der Waals surface area contributed by atoms with Gasteiger partial charge in [-0.1, -0.05) is 52.0 Å². The molecule has 0 saturated carbocycles. The van der Waals surface area contributed by atoms with E-state index in [0.29, 0.717) is 18.4 Å². The maximum Gasteiger partial charge on any atom is 0.249 e. The lowest BCUT2D eigenvalue weighted by molar-refractivity contribution is -0.131.